The van der Waals surface area contributed by atoms with Crippen LogP contribution in [-0.2, 0) is 22.9 Å². The second-order valence-electron chi connectivity index (χ2n) is 6.66. The molecule has 0 saturated heterocycles. The van der Waals surface area contributed by atoms with E-state index in [1.165, 1.54) is 23.7 Å². The van der Waals surface area contributed by atoms with Crippen LogP contribution in [0.15, 0.2) is 47.4 Å². The molecule has 0 fully saturated rings. The van der Waals surface area contributed by atoms with E-state index in [2.05, 4.69) is 34.7 Å². The zero-order chi connectivity index (χ0) is 18.6. The number of anilines is 1. The lowest BCUT2D eigenvalue weighted by Gasteiger charge is -2.31. The van der Waals surface area contributed by atoms with Crippen LogP contribution in [0.1, 0.15) is 30.9 Å². The maximum absolute atomic E-state index is 12.3. The van der Waals surface area contributed by atoms with E-state index in [0.717, 1.165) is 31.5 Å². The number of hydrogen-bond donors (Lipinski definition) is 1. The Kier molecular flexibility index (Phi) is 6.22. The SMILES string of the molecule is CCCN1CCCc2cc(CCNS(=O)(=O)c3cccc(Cl)c3)ccc21. The van der Waals surface area contributed by atoms with Crippen molar-refractivity contribution in [2.45, 2.75) is 37.5 Å². The van der Waals surface area contributed by atoms with Gasteiger partial charge in [0.25, 0.3) is 0 Å². The largest absolute Gasteiger partial charge is 0.371 e. The molecule has 3 rings (SSSR count). The molecule has 4 nitrogen and oxygen atoms in total. The minimum Gasteiger partial charge on any atom is -0.371 e. The Hall–Kier alpha value is -1.56. The zero-order valence-electron chi connectivity index (χ0n) is 15.0. The van der Waals surface area contributed by atoms with Crippen LogP contribution in [0.4, 0.5) is 5.69 Å². The van der Waals surface area contributed by atoms with E-state index in [1.54, 1.807) is 18.2 Å². The highest BCUT2D eigenvalue weighted by Gasteiger charge is 2.17. The monoisotopic (exact) mass is 392 g/mol. The van der Waals surface area contributed by atoms with Crippen molar-refractivity contribution >= 4 is 27.3 Å². The third-order valence-corrected chi connectivity index (χ3v) is 6.36. The fourth-order valence-electron chi connectivity index (χ4n) is 3.43. The summed E-state index contributed by atoms with van der Waals surface area (Å²) in [4.78, 5) is 2.65. The van der Waals surface area contributed by atoms with Crippen LogP contribution in [0.2, 0.25) is 5.02 Å². The number of aryl methyl sites for hydroxylation is 1. The first-order chi connectivity index (χ1) is 12.5. The van der Waals surface area contributed by atoms with E-state index in [0.29, 0.717) is 18.0 Å². The quantitative estimate of drug-likeness (QED) is 0.774. The number of nitrogens with zero attached hydrogens (tertiary/aromatic N) is 1. The van der Waals surface area contributed by atoms with E-state index in [4.69, 9.17) is 11.6 Å². The topological polar surface area (TPSA) is 49.4 Å². The molecular formula is C20H25ClN2O2S. The van der Waals surface area contributed by atoms with Gasteiger partial charge in [0.05, 0.1) is 4.90 Å². The van der Waals surface area contributed by atoms with Gasteiger partial charge >= 0.3 is 0 Å². The summed E-state index contributed by atoms with van der Waals surface area (Å²) in [5, 5.41) is 0.416. The van der Waals surface area contributed by atoms with Crippen LogP contribution in [0.25, 0.3) is 0 Å². The first-order valence-electron chi connectivity index (χ1n) is 9.11. The van der Waals surface area contributed by atoms with Crippen molar-refractivity contribution in [1.29, 1.82) is 0 Å². The highest BCUT2D eigenvalue weighted by atomic mass is 35.5. The molecule has 1 heterocycles. The minimum atomic E-state index is -3.53. The van der Waals surface area contributed by atoms with Crippen LogP contribution >= 0.6 is 11.6 Å². The molecule has 0 unspecified atom stereocenters. The average molecular weight is 393 g/mol. The van der Waals surface area contributed by atoms with Crippen molar-refractivity contribution in [1.82, 2.24) is 4.72 Å². The number of benzene rings is 2. The van der Waals surface area contributed by atoms with E-state index < -0.39 is 10.0 Å². The fourth-order valence-corrected chi connectivity index (χ4v) is 4.77. The van der Waals surface area contributed by atoms with Crippen LogP contribution in [0.3, 0.4) is 0 Å². The Labute approximate surface area is 161 Å². The standard InChI is InChI=1S/C20H25ClN2O2S/c1-2-12-23-13-4-5-17-14-16(8-9-20(17)23)10-11-22-26(24,25)19-7-3-6-18(21)15-19/h3,6-9,14-15,22H,2,4-5,10-13H2,1H3. The van der Waals surface area contributed by atoms with Crippen molar-refractivity contribution in [2.24, 2.45) is 0 Å². The van der Waals surface area contributed by atoms with Crippen molar-refractivity contribution in [2.75, 3.05) is 24.5 Å². The lowest BCUT2D eigenvalue weighted by molar-refractivity contribution is 0.581. The average Bonchev–Trinajstić information content (AvgIpc) is 2.62. The summed E-state index contributed by atoms with van der Waals surface area (Å²) in [6.07, 6.45) is 4.09. The molecule has 2 aromatic carbocycles. The molecule has 0 saturated carbocycles. The van der Waals surface area contributed by atoms with E-state index in [9.17, 15) is 8.42 Å². The van der Waals surface area contributed by atoms with Crippen LogP contribution in [-0.4, -0.2) is 28.1 Å². The molecule has 1 aliphatic rings. The summed E-state index contributed by atoms with van der Waals surface area (Å²) in [5.41, 5.74) is 3.87. The summed E-state index contributed by atoms with van der Waals surface area (Å²) < 4.78 is 27.4. The van der Waals surface area contributed by atoms with Gasteiger partial charge in [-0.2, -0.15) is 0 Å². The molecule has 0 atom stereocenters. The molecule has 0 radical (unpaired) electrons. The molecule has 1 N–H and O–H groups in total. The van der Waals surface area contributed by atoms with Crippen molar-refractivity contribution in [3.05, 3.63) is 58.6 Å². The molecule has 26 heavy (non-hydrogen) atoms. The van der Waals surface area contributed by atoms with E-state index in [-0.39, 0.29) is 4.90 Å². The number of nitrogens with one attached hydrogen (secondary N) is 1. The lowest BCUT2D eigenvalue weighted by atomic mass is 9.98. The van der Waals surface area contributed by atoms with Gasteiger partial charge in [-0.05, 0) is 61.1 Å². The van der Waals surface area contributed by atoms with Gasteiger partial charge in [0.1, 0.15) is 0 Å². The van der Waals surface area contributed by atoms with E-state index in [1.807, 2.05) is 0 Å². The smallest absolute Gasteiger partial charge is 0.240 e. The molecule has 2 aromatic rings. The Morgan fingerprint density at radius 1 is 1.19 bits per heavy atom. The lowest BCUT2D eigenvalue weighted by Crippen LogP contribution is -2.30. The molecule has 0 aromatic heterocycles. The molecule has 0 spiro atoms. The van der Waals surface area contributed by atoms with Gasteiger partial charge in [0, 0.05) is 30.3 Å². The summed E-state index contributed by atoms with van der Waals surface area (Å²) in [5.74, 6) is 0. The van der Waals surface area contributed by atoms with Crippen molar-refractivity contribution in [3.63, 3.8) is 0 Å². The number of rotatable bonds is 7. The Morgan fingerprint density at radius 2 is 2.04 bits per heavy atom. The van der Waals surface area contributed by atoms with Crippen molar-refractivity contribution < 1.29 is 8.42 Å². The van der Waals surface area contributed by atoms with Gasteiger partial charge in [-0.1, -0.05) is 36.7 Å². The van der Waals surface area contributed by atoms with Crippen LogP contribution in [0, 0.1) is 0 Å². The second kappa shape index (κ2) is 8.42. The van der Waals surface area contributed by atoms with Gasteiger partial charge in [0.15, 0.2) is 0 Å². The predicted molar refractivity (Wildman–Crippen MR) is 108 cm³/mol. The maximum atomic E-state index is 12.3. The second-order valence-corrected chi connectivity index (χ2v) is 8.86. The summed E-state index contributed by atoms with van der Waals surface area (Å²) in [6, 6.07) is 12.8. The van der Waals surface area contributed by atoms with Gasteiger partial charge in [-0.15, -0.1) is 0 Å². The number of fused-ring (bicyclic) bond motifs is 1. The van der Waals surface area contributed by atoms with Gasteiger partial charge < -0.3 is 4.90 Å². The Balaban J connectivity index is 1.63. The maximum Gasteiger partial charge on any atom is 0.240 e. The summed E-state index contributed by atoms with van der Waals surface area (Å²) in [7, 11) is -3.53. The predicted octanol–water partition coefficient (Wildman–Crippen LogP) is 4.02. The highest BCUT2D eigenvalue weighted by Crippen LogP contribution is 2.28. The first kappa shape index (κ1) is 19.2. The molecule has 0 amide bonds. The third-order valence-electron chi connectivity index (χ3n) is 4.66. The minimum absolute atomic E-state index is 0.200. The Morgan fingerprint density at radius 3 is 2.81 bits per heavy atom. The summed E-state index contributed by atoms with van der Waals surface area (Å²) >= 11 is 5.89. The van der Waals surface area contributed by atoms with Gasteiger partial charge in [-0.25, -0.2) is 13.1 Å². The molecule has 6 heteroatoms. The fraction of sp³-hybridized carbons (Fsp3) is 0.400. The molecule has 0 bridgehead atoms. The molecule has 1 aliphatic heterocycles. The normalized spacial score (nSPS) is 14.3. The molecular weight excluding hydrogens is 368 g/mol. The first-order valence-corrected chi connectivity index (χ1v) is 11.0. The van der Waals surface area contributed by atoms with Crippen LogP contribution < -0.4 is 9.62 Å². The highest BCUT2D eigenvalue weighted by molar-refractivity contribution is 7.89. The third kappa shape index (κ3) is 4.58. The van der Waals surface area contributed by atoms with Crippen molar-refractivity contribution in [3.8, 4) is 0 Å². The zero-order valence-corrected chi connectivity index (χ0v) is 16.6. The van der Waals surface area contributed by atoms with Gasteiger partial charge in [-0.3, -0.25) is 0 Å². The number of halogens is 1. The Bertz CT molecular complexity index is 868. The molecule has 140 valence electrons. The van der Waals surface area contributed by atoms with E-state index >= 15 is 0 Å². The number of sulfonamides is 1. The summed E-state index contributed by atoms with van der Waals surface area (Å²) in [6.45, 7) is 4.78. The molecule has 0 aliphatic carbocycles. The van der Waals surface area contributed by atoms with Gasteiger partial charge in [0.2, 0.25) is 10.0 Å². The number of hydrogen-bond acceptors (Lipinski definition) is 3. The van der Waals surface area contributed by atoms with Crippen LogP contribution in [0.5, 0.6) is 0 Å².